The van der Waals surface area contributed by atoms with Crippen LogP contribution in [-0.4, -0.2) is 46.8 Å². The van der Waals surface area contributed by atoms with Gasteiger partial charge in [-0.05, 0) is 267 Å². The molecule has 0 unspecified atom stereocenters. The Morgan fingerprint density at radius 3 is 1.25 bits per heavy atom. The van der Waals surface area contributed by atoms with E-state index in [0.717, 1.165) is 189 Å². The van der Waals surface area contributed by atoms with E-state index in [-0.39, 0.29) is 22.3 Å². The highest BCUT2D eigenvalue weighted by Gasteiger charge is 2.49. The van der Waals surface area contributed by atoms with Crippen LogP contribution in [0.2, 0.25) is 13.1 Å². The van der Waals surface area contributed by atoms with Crippen LogP contribution in [0, 0.1) is 27.4 Å². The minimum Gasteiger partial charge on any atom is -0.283 e. The molecule has 0 N–H and O–H groups in total. The quantitative estimate of drug-likeness (QED) is 0.152. The first kappa shape index (κ1) is 62.6. The summed E-state index contributed by atoms with van der Waals surface area (Å²) in [6.45, 7) is 10.6. The predicted octanol–water partition coefficient (Wildman–Crippen LogP) is 30.6. The Labute approximate surface area is 775 Å². The molecule has 0 spiro atoms. The molecule has 0 saturated heterocycles. The molecule has 0 saturated carbocycles. The van der Waals surface area contributed by atoms with E-state index in [1.165, 1.54) is 60.0 Å². The monoisotopic (exact) mass is 1730 g/mol. The molecule has 2 aliphatic carbocycles. The van der Waals surface area contributed by atoms with Crippen LogP contribution in [0.1, 0.15) is 127 Å². The molecular weight excluding hydrogens is 1630 g/mol. The van der Waals surface area contributed by atoms with E-state index in [4.69, 9.17) is 30.9 Å². The van der Waals surface area contributed by atoms with Crippen molar-refractivity contribution in [3.63, 3.8) is 0 Å². The van der Waals surface area contributed by atoms with E-state index in [1.807, 2.05) is 158 Å². The number of thiazole rings is 2. The van der Waals surface area contributed by atoms with Crippen molar-refractivity contribution in [2.45, 2.75) is 144 Å². The van der Waals surface area contributed by atoms with Gasteiger partial charge in [0.1, 0.15) is 12.7 Å². The molecule has 2 aliphatic heterocycles. The second-order valence-corrected chi connectivity index (χ2v) is 44.4. The number of imidazole rings is 2. The van der Waals surface area contributed by atoms with E-state index in [1.54, 1.807) is 43.0 Å². The van der Waals surface area contributed by atoms with Gasteiger partial charge in [0.25, 0.3) is 0 Å². The van der Waals surface area contributed by atoms with Crippen LogP contribution in [0.25, 0.3) is 186 Å². The smallest absolute Gasteiger partial charge is 0.195 e. The van der Waals surface area contributed by atoms with Gasteiger partial charge in [0.2, 0.25) is 0 Å². The Morgan fingerprint density at radius 1 is 0.357 bits per heavy atom. The number of hydrogen-bond acceptors (Lipinski definition) is 10. The number of nitrogens with zero attached hydrogens (tertiary/aromatic N) is 8. The largest absolute Gasteiger partial charge is 0.283 e. The Bertz CT molecular complexity index is 8290. The lowest BCUT2D eigenvalue weighted by Crippen LogP contribution is -2.57. The standard InChI is InChI=1S/C57H46N4S2.C56H46N4S2Si/c1-8-34-23-26-48-54(63-55-60-46-19-13-14-20-47(46)61(48)55)51(34)41-29-45-49(27-33(41)3)62-53-44(56(4,5)57(45,6)7)25-21-32(2)50(53)35-22-24-39-36-15-9-10-16-37(36)43-30-58-31-59-52(43)40-18-12-11-17-38(40)42(39)28-35;1-8-34-23-26-47-54(62-55-59-45-19-13-14-20-46(45)60(47)55)51(34)41-29-49-48(27-33(41)3)61-53-44(56(4,5)63(49,6)7)25-21-32(2)50(53)35-22-24-39-36-15-9-10-16-37(36)43-30-57-31-58-52(43)40-18-12-11-17-38(40)42(39)28-35/h2*9-31H,8H2,1-7H3/i2*2D3,3D3,8D2. The molecule has 6 aromatic heterocycles. The summed E-state index contributed by atoms with van der Waals surface area (Å²) in [6, 6.07) is 83.7. The number of benzene rings is 14. The van der Waals surface area contributed by atoms with Crippen molar-refractivity contribution in [2.75, 3.05) is 0 Å². The molecule has 0 fully saturated rings. The van der Waals surface area contributed by atoms with Crippen LogP contribution >= 0.6 is 46.2 Å². The number of para-hydroxylation sites is 4. The highest BCUT2D eigenvalue weighted by Crippen LogP contribution is 2.60. The lowest BCUT2D eigenvalue weighted by atomic mass is 9.60. The summed E-state index contributed by atoms with van der Waals surface area (Å²) >= 11 is 5.75. The second kappa shape index (κ2) is 29.0. The molecule has 13 heteroatoms. The Morgan fingerprint density at radius 2 is 0.762 bits per heavy atom. The van der Waals surface area contributed by atoms with Crippen molar-refractivity contribution < 1.29 is 21.9 Å². The summed E-state index contributed by atoms with van der Waals surface area (Å²) in [7, 11) is -2.78. The highest BCUT2D eigenvalue weighted by molar-refractivity contribution is 8.00. The minimum absolute atomic E-state index is 0.0867. The number of rotatable bonds is 6. The van der Waals surface area contributed by atoms with Gasteiger partial charge >= 0.3 is 0 Å². The van der Waals surface area contributed by atoms with E-state index in [0.29, 0.717) is 49.4 Å². The molecule has 126 heavy (non-hydrogen) atoms. The van der Waals surface area contributed by atoms with Crippen LogP contribution < -0.4 is 5.19 Å². The molecular formula is C113H92N8S4Si. The molecule has 14 aromatic carbocycles. The number of aryl methyl sites for hydroxylation is 6. The van der Waals surface area contributed by atoms with Gasteiger partial charge in [0.15, 0.2) is 9.92 Å². The van der Waals surface area contributed by atoms with Gasteiger partial charge in [-0.1, -0.05) is 303 Å². The van der Waals surface area contributed by atoms with Crippen LogP contribution in [0.3, 0.4) is 0 Å². The highest BCUT2D eigenvalue weighted by atomic mass is 32.2. The first-order chi connectivity index (χ1) is 67.3. The molecule has 0 bridgehead atoms. The van der Waals surface area contributed by atoms with Crippen LogP contribution in [-0.2, 0) is 28.6 Å². The van der Waals surface area contributed by atoms with Gasteiger partial charge in [-0.3, -0.25) is 8.80 Å². The third-order valence-electron chi connectivity index (χ3n) is 28.1. The van der Waals surface area contributed by atoms with Crippen molar-refractivity contribution in [1.82, 2.24) is 38.7 Å². The maximum atomic E-state index is 9.19. The van der Waals surface area contributed by atoms with Gasteiger partial charge in [-0.25, -0.2) is 29.9 Å². The van der Waals surface area contributed by atoms with E-state index in [2.05, 4.69) is 152 Å². The van der Waals surface area contributed by atoms with Crippen LogP contribution in [0.5, 0.6) is 0 Å². The number of fused-ring (bicyclic) bond motifs is 30. The van der Waals surface area contributed by atoms with Crippen LogP contribution in [0.15, 0.2) is 299 Å². The van der Waals surface area contributed by atoms with Gasteiger partial charge < -0.3 is 0 Å². The first-order valence-electron chi connectivity index (χ1n) is 50.3. The van der Waals surface area contributed by atoms with E-state index >= 15 is 0 Å². The summed E-state index contributed by atoms with van der Waals surface area (Å²) in [4.78, 5) is 32.9. The van der Waals surface area contributed by atoms with Gasteiger partial charge in [-0.15, -0.1) is 0 Å². The fourth-order valence-electron chi connectivity index (χ4n) is 20.2. The zero-order valence-corrected chi connectivity index (χ0v) is 75.0. The summed E-state index contributed by atoms with van der Waals surface area (Å²) < 4.78 is 152. The maximum absolute atomic E-state index is 9.19. The SMILES string of the molecule is [2H]C([2H])([2H])c1cc2c(cc1-c1c(C([2H])([2H])C)ccc3c1sc1nc4ccccc4n13)C(C)(C)C(C)(C)c1ccc(C([2H])([2H])[2H])c(-c3ccc4c(c3)-c3ccccc3-c3ncncc3-c3ccccc3-4)c1S2.[2H]C([2H])([2H])c1cc2c(cc1-c1c(C([2H])([2H])C)ccc3c1sc1nc4ccccc4n13)[Si](C)(C)C(C)(C)c1ccc(C([2H])([2H])[2H])c(-c3ccc4c(c3)-c3ccccc3-c3ncncc3-c3ccccc3-4)c1S2. The third-order valence-corrected chi connectivity index (χ3v) is 37.9. The van der Waals surface area contributed by atoms with Crippen LogP contribution in [0.4, 0.5) is 0 Å². The minimum atomic E-state index is -2.78. The Kier molecular flexibility index (Phi) is 14.4. The van der Waals surface area contributed by atoms with Gasteiger partial charge in [0.05, 0.1) is 62.0 Å². The maximum Gasteiger partial charge on any atom is 0.195 e. The van der Waals surface area contributed by atoms with Gasteiger partial charge in [0, 0.05) is 87.3 Å². The average Bonchev–Trinajstić information content (AvgIpc) is 1.53. The number of aromatic nitrogens is 8. The zero-order valence-electron chi connectivity index (χ0n) is 86.8. The van der Waals surface area contributed by atoms with Gasteiger partial charge in [-0.2, -0.15) is 0 Å². The molecule has 20 aromatic rings. The molecule has 8 heterocycles. The van der Waals surface area contributed by atoms with Crippen molar-refractivity contribution >= 4 is 112 Å². The zero-order chi connectivity index (χ0) is 99.5. The fraction of sp³-hybridized carbons (Fsp3) is 0.168. The third kappa shape index (κ3) is 11.5. The molecule has 24 rings (SSSR count). The predicted molar refractivity (Wildman–Crippen MR) is 535 cm³/mol. The molecule has 0 radical (unpaired) electrons. The molecule has 8 nitrogen and oxygen atoms in total. The topological polar surface area (TPSA) is 86.2 Å². The molecule has 0 atom stereocenters. The second-order valence-electron chi connectivity index (χ2n) is 35.3. The van der Waals surface area contributed by atoms with Crippen molar-refractivity contribution in [1.29, 1.82) is 0 Å². The lowest BCUT2D eigenvalue weighted by molar-refractivity contribution is 0.296. The molecule has 612 valence electrons. The van der Waals surface area contributed by atoms with E-state index in [9.17, 15) is 11.0 Å². The molecule has 4 aliphatic rings. The van der Waals surface area contributed by atoms with E-state index < -0.39 is 64.1 Å². The lowest BCUT2D eigenvalue weighted by Gasteiger charge is -2.43. The summed E-state index contributed by atoms with van der Waals surface area (Å²) in [5.41, 5.74) is 27.7. The summed E-state index contributed by atoms with van der Waals surface area (Å²) in [5, 5.41) is 0.486. The summed E-state index contributed by atoms with van der Waals surface area (Å²) in [6.07, 6.45) is 3.20. The average molecular weight is 1730 g/mol. The number of hydrogen-bond donors (Lipinski definition) is 0. The Hall–Kier alpha value is -12.5. The fourth-order valence-corrected chi connectivity index (χ4v) is 29.3. The first-order valence-corrected chi connectivity index (χ1v) is 48.6. The Balaban J connectivity index is 0.000000158. The van der Waals surface area contributed by atoms with Crippen molar-refractivity contribution in [2.24, 2.45) is 0 Å². The normalized spacial score (nSPS) is 17.0. The molecule has 0 amide bonds. The van der Waals surface area contributed by atoms with Crippen molar-refractivity contribution in [3.05, 3.63) is 330 Å². The van der Waals surface area contributed by atoms with Crippen molar-refractivity contribution in [3.8, 4) is 134 Å². The summed E-state index contributed by atoms with van der Waals surface area (Å²) in [5.74, 6) is 0.